The first kappa shape index (κ1) is 19.8. The lowest BCUT2D eigenvalue weighted by Gasteiger charge is -2.26. The van der Waals surface area contributed by atoms with Crippen LogP contribution in [-0.4, -0.2) is 49.2 Å². The van der Waals surface area contributed by atoms with Gasteiger partial charge in [0.1, 0.15) is 16.4 Å². The average molecular weight is 402 g/mol. The number of carboxylic acid groups (broad SMARTS) is 1. The number of para-hydroxylation sites is 2. The number of aromatic nitrogens is 3. The monoisotopic (exact) mass is 402 g/mol. The van der Waals surface area contributed by atoms with E-state index in [1.54, 1.807) is 20.8 Å². The molecular formula is C19H22N4O4S. The number of hydrogen-bond acceptors (Lipinski definition) is 6. The first-order valence-electron chi connectivity index (χ1n) is 8.80. The molecule has 0 spiro atoms. The van der Waals surface area contributed by atoms with Crippen LogP contribution in [0.1, 0.15) is 42.1 Å². The largest absolute Gasteiger partial charge is 0.476 e. The summed E-state index contributed by atoms with van der Waals surface area (Å²) < 4.78 is 5.49. The van der Waals surface area contributed by atoms with Crippen LogP contribution in [-0.2, 0) is 17.7 Å². The molecule has 0 bridgehead atoms. The number of H-pyrrole nitrogens is 1. The van der Waals surface area contributed by atoms with E-state index in [9.17, 15) is 9.59 Å². The van der Waals surface area contributed by atoms with Crippen LogP contribution in [0.15, 0.2) is 29.6 Å². The zero-order valence-electron chi connectivity index (χ0n) is 15.9. The number of aromatic carboxylic acids is 1. The molecule has 1 aromatic carbocycles. The van der Waals surface area contributed by atoms with E-state index < -0.39 is 17.7 Å². The van der Waals surface area contributed by atoms with Gasteiger partial charge in [-0.2, -0.15) is 0 Å². The Labute approximate surface area is 166 Å². The summed E-state index contributed by atoms with van der Waals surface area (Å²) >= 11 is 1.20. The fourth-order valence-corrected chi connectivity index (χ4v) is 3.35. The molecule has 0 saturated heterocycles. The fourth-order valence-electron chi connectivity index (χ4n) is 2.57. The SMILES string of the molecule is CC(C)(C)OC(=O)N(CCc1nc2ccccc2[nH]1)Cc1nc(C(=O)O)cs1. The van der Waals surface area contributed by atoms with Crippen molar-refractivity contribution in [1.29, 1.82) is 0 Å². The number of carbonyl (C=O) groups excluding carboxylic acids is 1. The Morgan fingerprint density at radius 1 is 1.25 bits per heavy atom. The lowest BCUT2D eigenvalue weighted by atomic mass is 10.2. The molecule has 3 rings (SSSR count). The van der Waals surface area contributed by atoms with E-state index in [1.165, 1.54) is 21.6 Å². The maximum atomic E-state index is 12.6. The number of nitrogens with one attached hydrogen (secondary N) is 1. The minimum atomic E-state index is -1.09. The highest BCUT2D eigenvalue weighted by molar-refractivity contribution is 7.09. The van der Waals surface area contributed by atoms with Crippen molar-refractivity contribution in [1.82, 2.24) is 19.9 Å². The van der Waals surface area contributed by atoms with Gasteiger partial charge in [-0.25, -0.2) is 19.6 Å². The van der Waals surface area contributed by atoms with E-state index in [-0.39, 0.29) is 12.2 Å². The third-order valence-corrected chi connectivity index (χ3v) is 4.64. The van der Waals surface area contributed by atoms with Gasteiger partial charge in [-0.3, -0.25) is 0 Å². The van der Waals surface area contributed by atoms with Gasteiger partial charge in [0.15, 0.2) is 5.69 Å². The van der Waals surface area contributed by atoms with Crippen LogP contribution in [0.3, 0.4) is 0 Å². The smallest absolute Gasteiger partial charge is 0.410 e. The molecule has 28 heavy (non-hydrogen) atoms. The molecule has 0 saturated carbocycles. The normalized spacial score (nSPS) is 11.5. The van der Waals surface area contributed by atoms with Gasteiger partial charge in [-0.15, -0.1) is 11.3 Å². The molecule has 2 N–H and O–H groups in total. The number of nitrogens with zero attached hydrogens (tertiary/aromatic N) is 3. The number of aromatic amines is 1. The van der Waals surface area contributed by atoms with Crippen molar-refractivity contribution in [2.45, 2.75) is 39.3 Å². The van der Waals surface area contributed by atoms with Crippen LogP contribution in [0, 0.1) is 0 Å². The number of imidazole rings is 1. The van der Waals surface area contributed by atoms with Crippen molar-refractivity contribution in [3.05, 3.63) is 46.2 Å². The first-order valence-corrected chi connectivity index (χ1v) is 9.68. The second-order valence-corrected chi connectivity index (χ2v) is 8.23. The molecule has 1 amide bonds. The zero-order valence-corrected chi connectivity index (χ0v) is 16.7. The summed E-state index contributed by atoms with van der Waals surface area (Å²) in [5.74, 6) is -0.325. The molecule has 0 aliphatic rings. The summed E-state index contributed by atoms with van der Waals surface area (Å²) in [7, 11) is 0. The Balaban J connectivity index is 1.74. The number of rotatable bonds is 6. The average Bonchev–Trinajstić information content (AvgIpc) is 3.23. The predicted molar refractivity (Wildman–Crippen MR) is 106 cm³/mol. The number of fused-ring (bicyclic) bond motifs is 1. The quantitative estimate of drug-likeness (QED) is 0.651. The van der Waals surface area contributed by atoms with Gasteiger partial charge in [0, 0.05) is 18.3 Å². The molecule has 0 fully saturated rings. The summed E-state index contributed by atoms with van der Waals surface area (Å²) in [4.78, 5) is 37.0. The van der Waals surface area contributed by atoms with E-state index in [2.05, 4.69) is 15.0 Å². The van der Waals surface area contributed by atoms with Crippen molar-refractivity contribution in [3.63, 3.8) is 0 Å². The second-order valence-electron chi connectivity index (χ2n) is 7.28. The molecule has 148 valence electrons. The number of amides is 1. The highest BCUT2D eigenvalue weighted by Gasteiger charge is 2.24. The molecule has 0 aliphatic carbocycles. The molecule has 8 nitrogen and oxygen atoms in total. The molecular weight excluding hydrogens is 380 g/mol. The summed E-state index contributed by atoms with van der Waals surface area (Å²) in [6, 6.07) is 7.71. The van der Waals surface area contributed by atoms with E-state index in [0.29, 0.717) is 18.0 Å². The Morgan fingerprint density at radius 2 is 2.00 bits per heavy atom. The molecule has 0 unspecified atom stereocenters. The highest BCUT2D eigenvalue weighted by Crippen LogP contribution is 2.17. The topological polar surface area (TPSA) is 108 Å². The van der Waals surface area contributed by atoms with Gasteiger partial charge in [0.25, 0.3) is 0 Å². The summed E-state index contributed by atoms with van der Waals surface area (Å²) in [6.45, 7) is 5.93. The van der Waals surface area contributed by atoms with E-state index in [1.807, 2.05) is 24.3 Å². The molecule has 0 radical (unpaired) electrons. The number of hydrogen-bond donors (Lipinski definition) is 2. The van der Waals surface area contributed by atoms with Crippen LogP contribution in [0.4, 0.5) is 4.79 Å². The fraction of sp³-hybridized carbons (Fsp3) is 0.368. The molecule has 3 aromatic rings. The van der Waals surface area contributed by atoms with Crippen LogP contribution < -0.4 is 0 Å². The second kappa shape index (κ2) is 7.97. The number of carbonyl (C=O) groups is 2. The first-order chi connectivity index (χ1) is 13.2. The molecule has 0 aliphatic heterocycles. The molecule has 2 heterocycles. The number of thiazole rings is 1. The van der Waals surface area contributed by atoms with Gasteiger partial charge in [0.2, 0.25) is 0 Å². The van der Waals surface area contributed by atoms with Gasteiger partial charge >= 0.3 is 12.1 Å². The maximum Gasteiger partial charge on any atom is 0.410 e. The Hall–Kier alpha value is -2.94. The Kier molecular flexibility index (Phi) is 5.64. The van der Waals surface area contributed by atoms with Gasteiger partial charge < -0.3 is 19.7 Å². The van der Waals surface area contributed by atoms with E-state index in [0.717, 1.165) is 16.9 Å². The lowest BCUT2D eigenvalue weighted by Crippen LogP contribution is -2.37. The standard InChI is InChI=1S/C19H22N4O4S/c1-19(2,3)27-18(26)23(10-16-22-14(11-28-16)17(24)25)9-8-15-20-12-6-4-5-7-13(12)21-15/h4-7,11H,8-10H2,1-3H3,(H,20,21)(H,24,25). The van der Waals surface area contributed by atoms with Crippen molar-refractivity contribution < 1.29 is 19.4 Å². The van der Waals surface area contributed by atoms with Crippen molar-refractivity contribution >= 4 is 34.4 Å². The number of benzene rings is 1. The van der Waals surface area contributed by atoms with Gasteiger partial charge in [0.05, 0.1) is 17.6 Å². The van der Waals surface area contributed by atoms with Crippen molar-refractivity contribution in [2.75, 3.05) is 6.54 Å². The van der Waals surface area contributed by atoms with E-state index >= 15 is 0 Å². The number of ether oxygens (including phenoxy) is 1. The summed E-state index contributed by atoms with van der Waals surface area (Å²) in [5, 5.41) is 11.0. The molecule has 0 atom stereocenters. The minimum Gasteiger partial charge on any atom is -0.476 e. The van der Waals surface area contributed by atoms with Crippen molar-refractivity contribution in [2.24, 2.45) is 0 Å². The summed E-state index contributed by atoms with van der Waals surface area (Å²) in [5.41, 5.74) is 1.14. The lowest BCUT2D eigenvalue weighted by molar-refractivity contribution is 0.0235. The predicted octanol–water partition coefficient (Wildman–Crippen LogP) is 3.70. The van der Waals surface area contributed by atoms with Gasteiger partial charge in [-0.05, 0) is 32.9 Å². The molecule has 2 aromatic heterocycles. The van der Waals surface area contributed by atoms with E-state index in [4.69, 9.17) is 9.84 Å². The third-order valence-electron chi connectivity index (χ3n) is 3.81. The summed E-state index contributed by atoms with van der Waals surface area (Å²) in [6.07, 6.45) is 0.0288. The number of carboxylic acids is 1. The van der Waals surface area contributed by atoms with Crippen LogP contribution in [0.25, 0.3) is 11.0 Å². The Bertz CT molecular complexity index is 956. The third kappa shape index (κ3) is 5.07. The zero-order chi connectivity index (χ0) is 20.3. The Morgan fingerprint density at radius 3 is 2.64 bits per heavy atom. The van der Waals surface area contributed by atoms with Crippen molar-refractivity contribution in [3.8, 4) is 0 Å². The maximum absolute atomic E-state index is 12.6. The van der Waals surface area contributed by atoms with Gasteiger partial charge in [-0.1, -0.05) is 12.1 Å². The van der Waals surface area contributed by atoms with Crippen LogP contribution >= 0.6 is 11.3 Å². The minimum absolute atomic E-state index is 0.0265. The van der Waals surface area contributed by atoms with Crippen LogP contribution in [0.2, 0.25) is 0 Å². The molecule has 9 heteroatoms. The van der Waals surface area contributed by atoms with Crippen LogP contribution in [0.5, 0.6) is 0 Å². The highest BCUT2D eigenvalue weighted by atomic mass is 32.1.